The molecule has 0 aliphatic heterocycles. The molecule has 2 rings (SSSR count). The van der Waals surface area contributed by atoms with Gasteiger partial charge in [-0.25, -0.2) is 0 Å². The fourth-order valence-electron chi connectivity index (χ4n) is 1.42. The number of alkyl halides is 2. The van der Waals surface area contributed by atoms with Gasteiger partial charge in [0.15, 0.2) is 0 Å². The molecule has 6 heteroatoms. The lowest BCUT2D eigenvalue weighted by atomic mass is 10.1. The van der Waals surface area contributed by atoms with Gasteiger partial charge < -0.3 is 4.42 Å². The summed E-state index contributed by atoms with van der Waals surface area (Å²) in [6.07, 6.45) is 1.31. The number of hydrogen-bond acceptors (Lipinski definition) is 4. The van der Waals surface area contributed by atoms with Crippen LogP contribution < -0.4 is 0 Å². The molecule has 0 saturated carbocycles. The number of aromatic nitrogens is 2. The lowest BCUT2D eigenvalue weighted by Gasteiger charge is -2.08. The highest BCUT2D eigenvalue weighted by atomic mass is 35.5. The predicted molar refractivity (Wildman–Crippen MR) is 70.6 cm³/mol. The minimum atomic E-state index is -0.558. The van der Waals surface area contributed by atoms with Crippen LogP contribution in [0.4, 0.5) is 0 Å². The van der Waals surface area contributed by atoms with Crippen molar-refractivity contribution in [3.05, 3.63) is 30.2 Å². The molecular weight excluding hydrogens is 279 g/mol. The van der Waals surface area contributed by atoms with Gasteiger partial charge in [-0.05, 0) is 23.4 Å². The Bertz CT molecular complexity index is 488. The Morgan fingerprint density at radius 3 is 2.82 bits per heavy atom. The molecule has 0 spiro atoms. The molecule has 0 fully saturated rings. The van der Waals surface area contributed by atoms with Crippen molar-refractivity contribution in [2.24, 2.45) is 0 Å². The predicted octanol–water partition coefficient (Wildman–Crippen LogP) is 4.32. The summed E-state index contributed by atoms with van der Waals surface area (Å²) in [5, 5.41) is 7.60. The number of thioether (sulfide) groups is 1. The molecule has 2 aromatic rings. The third kappa shape index (κ3) is 2.94. The fourth-order valence-corrected chi connectivity index (χ4v) is 2.47. The first-order chi connectivity index (χ1) is 8.22. The molecule has 1 heterocycles. The van der Waals surface area contributed by atoms with Crippen molar-refractivity contribution >= 4 is 35.0 Å². The van der Waals surface area contributed by atoms with Crippen LogP contribution in [0.3, 0.4) is 0 Å². The second-order valence-corrected chi connectivity index (χ2v) is 5.64. The van der Waals surface area contributed by atoms with Gasteiger partial charge in [0, 0.05) is 4.90 Å². The highest BCUT2D eigenvalue weighted by Gasteiger charge is 2.13. The third-order valence-electron chi connectivity index (χ3n) is 2.15. The summed E-state index contributed by atoms with van der Waals surface area (Å²) >= 11 is 13.4. The average molecular weight is 289 g/mol. The Morgan fingerprint density at radius 1 is 1.41 bits per heavy atom. The van der Waals surface area contributed by atoms with E-state index >= 15 is 0 Å². The molecule has 0 amide bonds. The Labute approximate surface area is 114 Å². The van der Waals surface area contributed by atoms with Gasteiger partial charge in [-0.3, -0.25) is 0 Å². The molecule has 0 unspecified atom stereocenters. The van der Waals surface area contributed by atoms with Crippen LogP contribution in [-0.2, 0) is 0 Å². The van der Waals surface area contributed by atoms with Crippen molar-refractivity contribution in [3.8, 4) is 11.5 Å². The molecule has 3 nitrogen and oxygen atoms in total. The highest BCUT2D eigenvalue weighted by Crippen LogP contribution is 2.35. The molecule has 0 bridgehead atoms. The first-order valence-electron chi connectivity index (χ1n) is 5.03. The van der Waals surface area contributed by atoms with Crippen LogP contribution in [0.1, 0.15) is 17.3 Å². The number of rotatable bonds is 4. The van der Waals surface area contributed by atoms with Crippen molar-refractivity contribution in [2.75, 3.05) is 5.75 Å². The molecule has 0 N–H and O–H groups in total. The normalized spacial score (nSPS) is 11.1. The lowest BCUT2D eigenvalue weighted by Crippen LogP contribution is -1.88. The van der Waals surface area contributed by atoms with Crippen molar-refractivity contribution < 1.29 is 4.42 Å². The topological polar surface area (TPSA) is 38.9 Å². The van der Waals surface area contributed by atoms with Crippen LogP contribution in [0.2, 0.25) is 0 Å². The maximum absolute atomic E-state index is 5.86. The summed E-state index contributed by atoms with van der Waals surface area (Å²) in [6, 6.07) is 5.76. The first kappa shape index (κ1) is 12.7. The quantitative estimate of drug-likeness (QED) is 0.620. The van der Waals surface area contributed by atoms with E-state index in [0.717, 1.165) is 21.8 Å². The number of nitrogens with zero attached hydrogens (tertiary/aromatic N) is 2. The van der Waals surface area contributed by atoms with Crippen LogP contribution in [0.15, 0.2) is 33.9 Å². The third-order valence-corrected chi connectivity index (χ3v) is 3.61. The largest absolute Gasteiger partial charge is 0.423 e. The lowest BCUT2D eigenvalue weighted by molar-refractivity contribution is 0.567. The second kappa shape index (κ2) is 5.76. The zero-order valence-corrected chi connectivity index (χ0v) is 11.4. The Hall–Kier alpha value is -0.710. The van der Waals surface area contributed by atoms with E-state index in [2.05, 4.69) is 17.1 Å². The molecule has 0 saturated heterocycles. The second-order valence-electron chi connectivity index (χ2n) is 3.23. The van der Waals surface area contributed by atoms with Gasteiger partial charge in [0.05, 0.1) is 5.56 Å². The minimum Gasteiger partial charge on any atom is -0.423 e. The number of hydrogen-bond donors (Lipinski definition) is 0. The molecule has 1 aromatic carbocycles. The van der Waals surface area contributed by atoms with Gasteiger partial charge in [0.1, 0.15) is 4.84 Å². The van der Waals surface area contributed by atoms with E-state index in [1.807, 2.05) is 18.2 Å². The van der Waals surface area contributed by atoms with Crippen LogP contribution >= 0.6 is 35.0 Å². The maximum Gasteiger partial charge on any atom is 0.248 e. The minimum absolute atomic E-state index is 0.483. The molecule has 1 aromatic heterocycles. The van der Waals surface area contributed by atoms with E-state index in [4.69, 9.17) is 27.6 Å². The summed E-state index contributed by atoms with van der Waals surface area (Å²) in [4.78, 5) is 0.520. The van der Waals surface area contributed by atoms with Gasteiger partial charge in [0.2, 0.25) is 12.3 Å². The van der Waals surface area contributed by atoms with Gasteiger partial charge in [-0.2, -0.15) is 0 Å². The van der Waals surface area contributed by atoms with Crippen LogP contribution in [-0.4, -0.2) is 16.0 Å². The van der Waals surface area contributed by atoms with E-state index in [1.54, 1.807) is 11.8 Å². The fraction of sp³-hybridized carbons (Fsp3) is 0.273. The Balaban J connectivity index is 2.48. The van der Waals surface area contributed by atoms with Crippen molar-refractivity contribution in [1.29, 1.82) is 0 Å². The summed E-state index contributed by atoms with van der Waals surface area (Å²) in [5.41, 5.74) is 1.69. The summed E-state index contributed by atoms with van der Waals surface area (Å²) in [7, 11) is 0. The van der Waals surface area contributed by atoms with E-state index in [9.17, 15) is 0 Å². The molecule has 0 atom stereocenters. The molecule has 0 aliphatic rings. The molecule has 0 aliphatic carbocycles. The summed E-state index contributed by atoms with van der Waals surface area (Å²) in [5.74, 6) is 1.45. The van der Waals surface area contributed by atoms with Gasteiger partial charge in [0.25, 0.3) is 0 Å². The smallest absolute Gasteiger partial charge is 0.248 e. The average Bonchev–Trinajstić information content (AvgIpc) is 2.83. The van der Waals surface area contributed by atoms with Crippen molar-refractivity contribution in [2.45, 2.75) is 16.7 Å². The zero-order chi connectivity index (χ0) is 12.3. The number of benzene rings is 1. The van der Waals surface area contributed by atoms with Crippen LogP contribution in [0.25, 0.3) is 11.5 Å². The number of halogens is 2. The SMILES string of the molecule is CCSc1ccc(C(Cl)Cl)cc1-c1nnco1. The summed E-state index contributed by atoms with van der Waals surface area (Å²) in [6.45, 7) is 2.09. The highest BCUT2D eigenvalue weighted by molar-refractivity contribution is 7.99. The molecule has 90 valence electrons. The van der Waals surface area contributed by atoms with E-state index < -0.39 is 4.84 Å². The zero-order valence-electron chi connectivity index (χ0n) is 9.06. The molecule has 17 heavy (non-hydrogen) atoms. The van der Waals surface area contributed by atoms with E-state index in [1.165, 1.54) is 6.39 Å². The Morgan fingerprint density at radius 2 is 2.24 bits per heavy atom. The monoisotopic (exact) mass is 288 g/mol. The van der Waals surface area contributed by atoms with Gasteiger partial charge in [-0.15, -0.1) is 45.2 Å². The maximum atomic E-state index is 5.86. The molecular formula is C11H10Cl2N2OS. The van der Waals surface area contributed by atoms with Gasteiger partial charge in [-0.1, -0.05) is 13.0 Å². The summed E-state index contributed by atoms with van der Waals surface area (Å²) < 4.78 is 5.22. The van der Waals surface area contributed by atoms with Crippen molar-refractivity contribution in [3.63, 3.8) is 0 Å². The first-order valence-corrected chi connectivity index (χ1v) is 6.89. The van der Waals surface area contributed by atoms with E-state index in [0.29, 0.717) is 5.89 Å². The molecule has 0 radical (unpaired) electrons. The van der Waals surface area contributed by atoms with Crippen LogP contribution in [0, 0.1) is 0 Å². The van der Waals surface area contributed by atoms with E-state index in [-0.39, 0.29) is 0 Å². The van der Waals surface area contributed by atoms with Crippen LogP contribution in [0.5, 0.6) is 0 Å². The van der Waals surface area contributed by atoms with Crippen molar-refractivity contribution in [1.82, 2.24) is 10.2 Å². The van der Waals surface area contributed by atoms with Gasteiger partial charge >= 0.3 is 0 Å². The Kier molecular flexibility index (Phi) is 4.31. The standard InChI is InChI=1S/C11H10Cl2N2OS/c1-2-17-9-4-3-7(10(12)13)5-8(9)11-15-14-6-16-11/h3-6,10H,2H2,1H3.